The number of hydrogen-bond acceptors (Lipinski definition) is 7. The summed E-state index contributed by atoms with van der Waals surface area (Å²) in [5.74, 6) is -3.04. The van der Waals surface area contributed by atoms with Crippen LogP contribution in [0.5, 0.6) is 5.75 Å². The minimum atomic E-state index is -1.49. The lowest BCUT2D eigenvalue weighted by Gasteiger charge is -2.31. The number of nitrogens with one attached hydrogen (secondary N) is 2. The summed E-state index contributed by atoms with van der Waals surface area (Å²) >= 11 is 0. The van der Waals surface area contributed by atoms with E-state index in [1.165, 1.54) is 18.2 Å². The number of esters is 1. The maximum Gasteiger partial charge on any atom is 0.408 e. The van der Waals surface area contributed by atoms with Crippen LogP contribution in [0, 0.1) is 18.4 Å². The van der Waals surface area contributed by atoms with Crippen molar-refractivity contribution < 1.29 is 33.8 Å². The number of terminal acetylenes is 1. The maximum atomic E-state index is 13.4. The average Bonchev–Trinajstić information content (AvgIpc) is 2.72. The Kier molecular flexibility index (Phi) is 9.73. The summed E-state index contributed by atoms with van der Waals surface area (Å²) in [5.41, 5.74) is -0.766. The van der Waals surface area contributed by atoms with E-state index in [4.69, 9.17) is 11.2 Å². The Morgan fingerprint density at radius 2 is 1.79 bits per heavy atom. The molecule has 1 aromatic rings. The summed E-state index contributed by atoms with van der Waals surface area (Å²) in [4.78, 5) is 50.9. The molecule has 10 heteroatoms. The van der Waals surface area contributed by atoms with E-state index in [0.29, 0.717) is 0 Å². The van der Waals surface area contributed by atoms with Crippen LogP contribution in [0.25, 0.3) is 0 Å². The lowest BCUT2D eigenvalue weighted by atomic mass is 9.99. The Bertz CT molecular complexity index is 915. The smallest absolute Gasteiger partial charge is 0.408 e. The molecule has 3 N–H and O–H groups in total. The number of phenolic OH excluding ortho intramolecular Hbond substituents is 1. The zero-order valence-corrected chi connectivity index (χ0v) is 19.7. The molecule has 2 unspecified atom stereocenters. The van der Waals surface area contributed by atoms with Crippen molar-refractivity contribution >= 4 is 23.9 Å². The first kappa shape index (κ1) is 27.3. The van der Waals surface area contributed by atoms with Crippen LogP contribution in [0.4, 0.5) is 4.79 Å². The molecule has 3 amide bonds. The van der Waals surface area contributed by atoms with Gasteiger partial charge in [-0.2, -0.15) is 0 Å². The van der Waals surface area contributed by atoms with E-state index in [-0.39, 0.29) is 11.3 Å². The number of phenols is 1. The molecule has 180 valence electrons. The third kappa shape index (κ3) is 8.03. The summed E-state index contributed by atoms with van der Waals surface area (Å²) in [6.07, 6.45) is 4.78. The van der Waals surface area contributed by atoms with Crippen molar-refractivity contribution in [2.75, 3.05) is 13.7 Å². The van der Waals surface area contributed by atoms with Gasteiger partial charge in [-0.15, -0.1) is 0 Å². The molecule has 0 aliphatic rings. The molecule has 0 saturated carbocycles. The topological polar surface area (TPSA) is 134 Å². The van der Waals surface area contributed by atoms with Gasteiger partial charge in [-0.3, -0.25) is 19.3 Å². The number of benzene rings is 1. The number of carbonyl (C=O) groups is 4. The number of carbonyl (C=O) groups excluding carboxylic acids is 4. The molecule has 0 spiro atoms. The zero-order chi connectivity index (χ0) is 25.3. The normalized spacial score (nSPS) is 12.7. The van der Waals surface area contributed by atoms with Crippen molar-refractivity contribution in [1.82, 2.24) is 15.5 Å². The molecule has 0 fully saturated rings. The zero-order valence-electron chi connectivity index (χ0n) is 19.7. The van der Waals surface area contributed by atoms with Crippen LogP contribution >= 0.6 is 0 Å². The predicted octanol–water partition coefficient (Wildman–Crippen LogP) is 1.69. The first-order valence-corrected chi connectivity index (χ1v) is 10.2. The van der Waals surface area contributed by atoms with E-state index in [1.807, 2.05) is 0 Å². The Morgan fingerprint density at radius 3 is 2.27 bits per heavy atom. The second kappa shape index (κ2) is 11.8. The van der Waals surface area contributed by atoms with Gasteiger partial charge >= 0.3 is 12.1 Å². The van der Waals surface area contributed by atoms with Gasteiger partial charge in [0.05, 0.1) is 7.11 Å². The molecule has 0 aliphatic carbocycles. The van der Waals surface area contributed by atoms with Gasteiger partial charge in [0.1, 0.15) is 23.9 Å². The van der Waals surface area contributed by atoms with Crippen LogP contribution in [0.2, 0.25) is 0 Å². The predicted molar refractivity (Wildman–Crippen MR) is 120 cm³/mol. The van der Waals surface area contributed by atoms with Gasteiger partial charge < -0.3 is 25.2 Å². The SMILES string of the molecule is C#CN(C(=O)C(NC(=O)OC(C)(C)C)C(C)C)C(C(=O)NCC(=O)OC)c1ccccc1O. The largest absolute Gasteiger partial charge is 0.508 e. The van der Waals surface area contributed by atoms with Gasteiger partial charge in [0.2, 0.25) is 5.91 Å². The summed E-state index contributed by atoms with van der Waals surface area (Å²) in [6, 6.07) is 5.37. The minimum absolute atomic E-state index is 0.0333. The summed E-state index contributed by atoms with van der Waals surface area (Å²) in [7, 11) is 1.15. The van der Waals surface area contributed by atoms with Gasteiger partial charge in [-0.1, -0.05) is 38.5 Å². The number of alkyl carbamates (subject to hydrolysis) is 1. The third-order valence-corrected chi connectivity index (χ3v) is 4.35. The van der Waals surface area contributed by atoms with Crippen LogP contribution in [0.3, 0.4) is 0 Å². The average molecular weight is 462 g/mol. The molecule has 0 aliphatic heterocycles. The van der Waals surface area contributed by atoms with Crippen LogP contribution in [0.15, 0.2) is 24.3 Å². The molecule has 0 saturated heterocycles. The summed E-state index contributed by atoms with van der Waals surface area (Å²) in [6.45, 7) is 7.91. The van der Waals surface area contributed by atoms with Crippen molar-refractivity contribution in [1.29, 1.82) is 0 Å². The van der Waals surface area contributed by atoms with Gasteiger partial charge in [-0.05, 0) is 32.8 Å². The van der Waals surface area contributed by atoms with E-state index in [1.54, 1.807) is 40.7 Å². The second-order valence-corrected chi connectivity index (χ2v) is 8.46. The van der Waals surface area contributed by atoms with Gasteiger partial charge in [0.15, 0.2) is 6.04 Å². The first-order valence-electron chi connectivity index (χ1n) is 10.2. The summed E-state index contributed by atoms with van der Waals surface area (Å²) in [5, 5.41) is 15.2. The van der Waals surface area contributed by atoms with Crippen molar-refractivity contribution in [3.05, 3.63) is 29.8 Å². The lowest BCUT2D eigenvalue weighted by Crippen LogP contribution is -2.53. The highest BCUT2D eigenvalue weighted by molar-refractivity contribution is 5.94. The van der Waals surface area contributed by atoms with Crippen molar-refractivity contribution in [2.24, 2.45) is 5.92 Å². The molecular formula is C23H31N3O7. The number of amides is 3. The Morgan fingerprint density at radius 1 is 1.18 bits per heavy atom. The number of nitrogens with zero attached hydrogens (tertiary/aromatic N) is 1. The van der Waals surface area contributed by atoms with E-state index in [9.17, 15) is 24.3 Å². The van der Waals surface area contributed by atoms with Crippen LogP contribution < -0.4 is 10.6 Å². The quantitative estimate of drug-likeness (QED) is 0.305. The fourth-order valence-electron chi connectivity index (χ4n) is 2.81. The molecular weight excluding hydrogens is 430 g/mol. The molecule has 1 aromatic carbocycles. The van der Waals surface area contributed by atoms with Crippen molar-refractivity contribution in [2.45, 2.75) is 52.3 Å². The van der Waals surface area contributed by atoms with E-state index in [0.717, 1.165) is 12.0 Å². The highest BCUT2D eigenvalue weighted by Gasteiger charge is 2.38. The Hall–Kier alpha value is -3.74. The number of methoxy groups -OCH3 is 1. The van der Waals surface area contributed by atoms with E-state index in [2.05, 4.69) is 21.4 Å². The molecule has 0 heterocycles. The number of aromatic hydroxyl groups is 1. The first-order chi connectivity index (χ1) is 15.3. The number of hydrogen-bond donors (Lipinski definition) is 3. The molecule has 2 atom stereocenters. The molecule has 10 nitrogen and oxygen atoms in total. The monoisotopic (exact) mass is 461 g/mol. The van der Waals surface area contributed by atoms with Crippen molar-refractivity contribution in [3.63, 3.8) is 0 Å². The van der Waals surface area contributed by atoms with Crippen molar-refractivity contribution in [3.8, 4) is 18.2 Å². The standard InChI is InChI=1S/C23H31N3O7/c1-8-26(21(30)18(14(2)3)25-22(31)33-23(4,5)6)19(15-11-9-10-12-16(15)27)20(29)24-13-17(28)32-7/h1,9-12,14,18-19,27H,13H2,2-7H3,(H,24,29)(H,25,31). The van der Waals surface area contributed by atoms with Crippen LogP contribution in [-0.2, 0) is 23.9 Å². The lowest BCUT2D eigenvalue weighted by molar-refractivity contribution is -0.143. The van der Waals surface area contributed by atoms with E-state index < -0.39 is 54.0 Å². The van der Waals surface area contributed by atoms with Gasteiger partial charge in [0.25, 0.3) is 5.91 Å². The number of para-hydroxylation sites is 1. The maximum absolute atomic E-state index is 13.4. The fraction of sp³-hybridized carbons (Fsp3) is 0.478. The third-order valence-electron chi connectivity index (χ3n) is 4.35. The summed E-state index contributed by atoms with van der Waals surface area (Å²) < 4.78 is 9.74. The Labute approximate surface area is 193 Å². The highest BCUT2D eigenvalue weighted by atomic mass is 16.6. The number of ether oxygens (including phenoxy) is 2. The van der Waals surface area contributed by atoms with Gasteiger partial charge in [-0.25, -0.2) is 4.79 Å². The second-order valence-electron chi connectivity index (χ2n) is 8.46. The fourth-order valence-corrected chi connectivity index (χ4v) is 2.81. The molecule has 0 aromatic heterocycles. The van der Waals surface area contributed by atoms with Gasteiger partial charge in [0, 0.05) is 11.6 Å². The molecule has 33 heavy (non-hydrogen) atoms. The van der Waals surface area contributed by atoms with Crippen LogP contribution in [0.1, 0.15) is 46.2 Å². The highest BCUT2D eigenvalue weighted by Crippen LogP contribution is 2.29. The minimum Gasteiger partial charge on any atom is -0.508 e. The van der Waals surface area contributed by atoms with Crippen LogP contribution in [-0.4, -0.2) is 59.2 Å². The molecule has 1 rings (SSSR count). The molecule has 0 radical (unpaired) electrons. The van der Waals surface area contributed by atoms with E-state index >= 15 is 0 Å². The number of rotatable bonds is 8. The Balaban J connectivity index is 3.35. The molecule has 0 bridgehead atoms.